The third-order valence-corrected chi connectivity index (χ3v) is 3.65. The van der Waals surface area contributed by atoms with Crippen molar-refractivity contribution in [2.45, 2.75) is 58.8 Å². The number of likely N-dealkylation sites (tertiary alicyclic amines) is 2. The second kappa shape index (κ2) is 9.37. The van der Waals surface area contributed by atoms with Crippen LogP contribution in [-0.4, -0.2) is 48.4 Å². The first kappa shape index (κ1) is 15.5. The fourth-order valence-corrected chi connectivity index (χ4v) is 2.71. The van der Waals surface area contributed by atoms with Gasteiger partial charge in [0.1, 0.15) is 0 Å². The molecule has 1 amide bonds. The maximum Gasteiger partial charge on any atom is 0.222 e. The number of carbonyl (C=O) groups is 1. The van der Waals surface area contributed by atoms with Crippen molar-refractivity contribution in [3.63, 3.8) is 0 Å². The van der Waals surface area contributed by atoms with Gasteiger partial charge in [-0.15, -0.1) is 0 Å². The third-order valence-electron chi connectivity index (χ3n) is 3.65. The Balaban J connectivity index is 0.000000180. The first-order valence-corrected chi connectivity index (χ1v) is 7.78. The minimum atomic E-state index is 0.344. The molecule has 3 nitrogen and oxygen atoms in total. The number of amides is 1. The van der Waals surface area contributed by atoms with Crippen LogP contribution in [0.15, 0.2) is 0 Å². The first-order valence-electron chi connectivity index (χ1n) is 7.78. The van der Waals surface area contributed by atoms with Crippen molar-refractivity contribution in [2.24, 2.45) is 0 Å². The van der Waals surface area contributed by atoms with Crippen LogP contribution < -0.4 is 0 Å². The van der Waals surface area contributed by atoms with Gasteiger partial charge in [0.25, 0.3) is 0 Å². The monoisotopic (exact) mass is 254 g/mol. The lowest BCUT2D eigenvalue weighted by Gasteiger charge is -2.25. The normalized spacial score (nSPS) is 20.8. The van der Waals surface area contributed by atoms with Crippen LogP contribution in [0, 0.1) is 0 Å². The van der Waals surface area contributed by atoms with Crippen molar-refractivity contribution in [1.29, 1.82) is 0 Å². The molecule has 0 saturated carbocycles. The van der Waals surface area contributed by atoms with Gasteiger partial charge < -0.3 is 9.80 Å². The van der Waals surface area contributed by atoms with Gasteiger partial charge in [0.2, 0.25) is 5.91 Å². The summed E-state index contributed by atoms with van der Waals surface area (Å²) < 4.78 is 0. The molecule has 106 valence electrons. The topological polar surface area (TPSA) is 23.6 Å². The van der Waals surface area contributed by atoms with Gasteiger partial charge in [0, 0.05) is 19.5 Å². The van der Waals surface area contributed by atoms with Crippen LogP contribution in [0.4, 0.5) is 0 Å². The van der Waals surface area contributed by atoms with Crippen LogP contribution in [-0.2, 0) is 4.79 Å². The first-order chi connectivity index (χ1) is 8.77. The second-order valence-corrected chi connectivity index (χ2v) is 5.39. The number of rotatable bonds is 4. The zero-order valence-electron chi connectivity index (χ0n) is 12.3. The number of piperidine rings is 1. The highest BCUT2D eigenvalue weighted by Gasteiger charge is 2.17. The lowest BCUT2D eigenvalue weighted by Crippen LogP contribution is -2.30. The minimum absolute atomic E-state index is 0.344. The van der Waals surface area contributed by atoms with Crippen LogP contribution in [0.3, 0.4) is 0 Å². The number of hydrogen-bond donors (Lipinski definition) is 0. The summed E-state index contributed by atoms with van der Waals surface area (Å²) in [6.45, 7) is 10.3. The Hall–Kier alpha value is -0.570. The summed E-state index contributed by atoms with van der Waals surface area (Å²) >= 11 is 0. The fraction of sp³-hybridized carbons (Fsp3) is 0.933. The Morgan fingerprint density at radius 3 is 2.06 bits per heavy atom. The second-order valence-electron chi connectivity index (χ2n) is 5.39. The Bertz CT molecular complexity index is 222. The van der Waals surface area contributed by atoms with Crippen LogP contribution >= 0.6 is 0 Å². The Morgan fingerprint density at radius 2 is 1.56 bits per heavy atom. The number of nitrogens with zero attached hydrogens (tertiary/aromatic N) is 2. The van der Waals surface area contributed by atoms with E-state index in [0.29, 0.717) is 5.91 Å². The average Bonchev–Trinajstić information content (AvgIpc) is 2.78. The molecule has 0 radical (unpaired) electrons. The van der Waals surface area contributed by atoms with Crippen molar-refractivity contribution in [2.75, 3.05) is 32.7 Å². The number of hydrogen-bond acceptors (Lipinski definition) is 2. The third kappa shape index (κ3) is 5.85. The van der Waals surface area contributed by atoms with Crippen LogP contribution in [0.5, 0.6) is 0 Å². The summed E-state index contributed by atoms with van der Waals surface area (Å²) in [7, 11) is 0. The van der Waals surface area contributed by atoms with E-state index >= 15 is 0 Å². The molecule has 2 aliphatic heterocycles. The van der Waals surface area contributed by atoms with Gasteiger partial charge in [-0.2, -0.15) is 0 Å². The van der Waals surface area contributed by atoms with Gasteiger partial charge in [-0.25, -0.2) is 0 Å². The molecule has 0 atom stereocenters. The molecule has 0 aromatic heterocycles. The molecule has 2 aliphatic rings. The average molecular weight is 254 g/mol. The van der Waals surface area contributed by atoms with E-state index in [2.05, 4.69) is 18.7 Å². The van der Waals surface area contributed by atoms with E-state index in [1.165, 1.54) is 45.3 Å². The highest BCUT2D eigenvalue weighted by atomic mass is 16.2. The molecule has 0 spiro atoms. The Morgan fingerprint density at radius 1 is 0.889 bits per heavy atom. The van der Waals surface area contributed by atoms with Crippen molar-refractivity contribution in [3.8, 4) is 0 Å². The van der Waals surface area contributed by atoms with E-state index in [1.807, 2.05) is 4.90 Å². The summed E-state index contributed by atoms with van der Waals surface area (Å²) in [5.74, 6) is 0.344. The van der Waals surface area contributed by atoms with E-state index in [-0.39, 0.29) is 0 Å². The largest absolute Gasteiger partial charge is 0.343 e. The maximum absolute atomic E-state index is 10.9. The quantitative estimate of drug-likeness (QED) is 0.770. The van der Waals surface area contributed by atoms with E-state index in [0.717, 1.165) is 32.4 Å². The smallest absolute Gasteiger partial charge is 0.222 e. The van der Waals surface area contributed by atoms with Crippen LogP contribution in [0.2, 0.25) is 0 Å². The molecule has 2 heterocycles. The molecule has 18 heavy (non-hydrogen) atoms. The maximum atomic E-state index is 10.9. The van der Waals surface area contributed by atoms with Gasteiger partial charge in [-0.1, -0.05) is 20.3 Å². The molecule has 0 aliphatic carbocycles. The molecule has 0 bridgehead atoms. The van der Waals surface area contributed by atoms with E-state index in [4.69, 9.17) is 0 Å². The van der Waals surface area contributed by atoms with Crippen LogP contribution in [0.25, 0.3) is 0 Å². The molecule has 2 rings (SSSR count). The summed E-state index contributed by atoms with van der Waals surface area (Å²) in [6, 6.07) is 0. The Kier molecular flexibility index (Phi) is 8.06. The standard InChI is InChI=1S/C8H17N.C7H13NO/c1-2-6-9-7-4-3-5-8-9;1-2-5-8-6-3-4-7(8)9/h2-8H2,1H3;2-6H2,1H3. The van der Waals surface area contributed by atoms with Crippen molar-refractivity contribution >= 4 is 5.91 Å². The van der Waals surface area contributed by atoms with Gasteiger partial charge >= 0.3 is 0 Å². The molecule has 3 heteroatoms. The lowest BCUT2D eigenvalue weighted by atomic mass is 10.1. The summed E-state index contributed by atoms with van der Waals surface area (Å²) in [6.07, 6.45) is 8.57. The molecule has 2 saturated heterocycles. The highest BCUT2D eigenvalue weighted by molar-refractivity contribution is 5.77. The van der Waals surface area contributed by atoms with Gasteiger partial charge in [-0.05, 0) is 51.7 Å². The number of carbonyl (C=O) groups excluding carboxylic acids is 1. The van der Waals surface area contributed by atoms with Crippen molar-refractivity contribution in [3.05, 3.63) is 0 Å². The molecule has 0 aromatic carbocycles. The molecule has 0 aromatic rings. The van der Waals surface area contributed by atoms with E-state index in [1.54, 1.807) is 0 Å². The SMILES string of the molecule is CCCN1CCCC1=O.CCCN1CCCCC1. The molecule has 0 N–H and O–H groups in total. The van der Waals surface area contributed by atoms with Gasteiger partial charge in [0.05, 0.1) is 0 Å². The summed E-state index contributed by atoms with van der Waals surface area (Å²) in [4.78, 5) is 15.4. The van der Waals surface area contributed by atoms with Crippen molar-refractivity contribution < 1.29 is 4.79 Å². The van der Waals surface area contributed by atoms with E-state index in [9.17, 15) is 4.79 Å². The molecular formula is C15H30N2O. The predicted octanol–water partition coefficient (Wildman–Crippen LogP) is 2.90. The van der Waals surface area contributed by atoms with Gasteiger partial charge in [0.15, 0.2) is 0 Å². The molecule has 0 unspecified atom stereocenters. The van der Waals surface area contributed by atoms with E-state index < -0.39 is 0 Å². The minimum Gasteiger partial charge on any atom is -0.343 e. The highest BCUT2D eigenvalue weighted by Crippen LogP contribution is 2.09. The fourth-order valence-electron chi connectivity index (χ4n) is 2.71. The van der Waals surface area contributed by atoms with Crippen LogP contribution in [0.1, 0.15) is 58.8 Å². The molecular weight excluding hydrogens is 224 g/mol. The zero-order chi connectivity index (χ0) is 13.2. The van der Waals surface area contributed by atoms with Crippen molar-refractivity contribution in [1.82, 2.24) is 9.80 Å². The molecule has 2 fully saturated rings. The van der Waals surface area contributed by atoms with Gasteiger partial charge in [-0.3, -0.25) is 4.79 Å². The predicted molar refractivity (Wildman–Crippen MR) is 76.7 cm³/mol. The zero-order valence-corrected chi connectivity index (χ0v) is 12.3. The summed E-state index contributed by atoms with van der Waals surface area (Å²) in [5, 5.41) is 0. The summed E-state index contributed by atoms with van der Waals surface area (Å²) in [5.41, 5.74) is 0. The lowest BCUT2D eigenvalue weighted by molar-refractivity contribution is -0.127. The Labute approximate surface area is 113 Å².